The monoisotopic (exact) mass is 271 g/mol. The summed E-state index contributed by atoms with van der Waals surface area (Å²) in [7, 11) is 0. The lowest BCUT2D eigenvalue weighted by atomic mass is 10.4. The molecule has 1 saturated carbocycles. The zero-order chi connectivity index (χ0) is 13.0. The Morgan fingerprint density at radius 2 is 2.39 bits per heavy atom. The van der Waals surface area contributed by atoms with Gasteiger partial charge in [-0.15, -0.1) is 0 Å². The van der Waals surface area contributed by atoms with Gasteiger partial charge in [-0.3, -0.25) is 4.79 Å². The van der Waals surface area contributed by atoms with Gasteiger partial charge >= 0.3 is 0 Å². The van der Waals surface area contributed by atoms with E-state index in [1.807, 2.05) is 6.92 Å². The molecule has 0 atom stereocenters. The van der Waals surface area contributed by atoms with Crippen LogP contribution in [-0.4, -0.2) is 29.5 Å². The first-order valence-electron chi connectivity index (χ1n) is 6.29. The van der Waals surface area contributed by atoms with Gasteiger partial charge in [0.1, 0.15) is 5.02 Å². The van der Waals surface area contributed by atoms with Crippen LogP contribution in [0.1, 0.15) is 19.8 Å². The summed E-state index contributed by atoms with van der Waals surface area (Å²) >= 11 is 5.97. The normalized spacial score (nSPS) is 14.8. The lowest BCUT2D eigenvalue weighted by Crippen LogP contribution is -2.24. The molecule has 1 fully saturated rings. The van der Waals surface area contributed by atoms with Crippen molar-refractivity contribution in [1.82, 2.24) is 9.78 Å². The molecule has 1 N–H and O–H groups in total. The summed E-state index contributed by atoms with van der Waals surface area (Å²) in [5.41, 5.74) is 0.310. The van der Waals surface area contributed by atoms with Crippen molar-refractivity contribution in [2.45, 2.75) is 26.3 Å². The minimum absolute atomic E-state index is 0.189. The summed E-state index contributed by atoms with van der Waals surface area (Å²) in [6, 6.07) is 0. The van der Waals surface area contributed by atoms with Crippen LogP contribution in [0.4, 0.5) is 5.69 Å². The highest BCUT2D eigenvalue weighted by atomic mass is 35.5. The molecule has 0 aromatic carbocycles. The van der Waals surface area contributed by atoms with Crippen molar-refractivity contribution in [2.75, 3.05) is 25.1 Å². The fraction of sp³-hybridized carbons (Fsp3) is 0.667. The first kappa shape index (κ1) is 13.4. The van der Waals surface area contributed by atoms with Crippen molar-refractivity contribution in [3.8, 4) is 0 Å². The Kier molecular flexibility index (Phi) is 4.60. The number of ether oxygens (including phenoxy) is 1. The summed E-state index contributed by atoms with van der Waals surface area (Å²) in [4.78, 5) is 11.7. The van der Waals surface area contributed by atoms with Gasteiger partial charge in [0.05, 0.1) is 18.5 Å². The van der Waals surface area contributed by atoms with Crippen LogP contribution in [0.15, 0.2) is 11.0 Å². The smallest absolute Gasteiger partial charge is 0.287 e. The predicted octanol–water partition coefficient (Wildman–Crippen LogP) is 1.76. The zero-order valence-corrected chi connectivity index (χ0v) is 11.2. The molecule has 1 aromatic rings. The summed E-state index contributed by atoms with van der Waals surface area (Å²) in [6.07, 6.45) is 4.16. The van der Waals surface area contributed by atoms with Crippen molar-refractivity contribution in [3.05, 3.63) is 21.6 Å². The quantitative estimate of drug-likeness (QED) is 0.768. The number of hydrogen-bond donors (Lipinski definition) is 1. The van der Waals surface area contributed by atoms with E-state index in [0.29, 0.717) is 25.4 Å². The molecule has 0 saturated heterocycles. The van der Waals surface area contributed by atoms with Crippen molar-refractivity contribution >= 4 is 17.3 Å². The molecule has 0 bridgehead atoms. The van der Waals surface area contributed by atoms with E-state index < -0.39 is 0 Å². The second-order valence-electron chi connectivity index (χ2n) is 4.44. The fourth-order valence-electron chi connectivity index (χ4n) is 1.61. The van der Waals surface area contributed by atoms with Gasteiger partial charge < -0.3 is 10.1 Å². The molecule has 0 radical (unpaired) electrons. The van der Waals surface area contributed by atoms with Crippen LogP contribution in [0.5, 0.6) is 0 Å². The molecular formula is C12H18ClN3O2. The van der Waals surface area contributed by atoms with Crippen LogP contribution in [0, 0.1) is 5.92 Å². The number of aryl methyl sites for hydroxylation is 1. The van der Waals surface area contributed by atoms with Crippen molar-refractivity contribution in [2.24, 2.45) is 5.92 Å². The van der Waals surface area contributed by atoms with E-state index in [-0.39, 0.29) is 10.6 Å². The number of rotatable bonds is 7. The highest BCUT2D eigenvalue weighted by Gasteiger charge is 2.20. The molecule has 1 aliphatic rings. The number of halogens is 1. The molecular weight excluding hydrogens is 254 g/mol. The molecule has 0 unspecified atom stereocenters. The highest BCUT2D eigenvalue weighted by Crippen LogP contribution is 2.28. The molecule has 0 spiro atoms. The predicted molar refractivity (Wildman–Crippen MR) is 71.2 cm³/mol. The molecule has 0 aliphatic heterocycles. The zero-order valence-electron chi connectivity index (χ0n) is 10.5. The number of hydrogen-bond acceptors (Lipinski definition) is 4. The van der Waals surface area contributed by atoms with E-state index in [2.05, 4.69) is 10.4 Å². The number of nitrogens with one attached hydrogen (secondary N) is 1. The molecule has 18 heavy (non-hydrogen) atoms. The lowest BCUT2D eigenvalue weighted by Gasteiger charge is -2.09. The number of aromatic nitrogens is 2. The van der Waals surface area contributed by atoms with Gasteiger partial charge in [-0.05, 0) is 25.7 Å². The van der Waals surface area contributed by atoms with Crippen molar-refractivity contribution in [1.29, 1.82) is 0 Å². The average Bonchev–Trinajstić information content (AvgIpc) is 3.18. The molecule has 1 aliphatic carbocycles. The van der Waals surface area contributed by atoms with E-state index in [4.69, 9.17) is 16.3 Å². The van der Waals surface area contributed by atoms with E-state index in [9.17, 15) is 4.79 Å². The Bertz CT molecular complexity index is 457. The van der Waals surface area contributed by atoms with E-state index >= 15 is 0 Å². The Labute approximate surface area is 111 Å². The van der Waals surface area contributed by atoms with E-state index in [1.165, 1.54) is 17.5 Å². The van der Waals surface area contributed by atoms with Crippen LogP contribution >= 0.6 is 11.6 Å². The molecule has 0 amide bonds. The third-order valence-corrected chi connectivity index (χ3v) is 3.26. The van der Waals surface area contributed by atoms with Gasteiger partial charge in [-0.1, -0.05) is 11.6 Å². The molecule has 2 rings (SSSR count). The van der Waals surface area contributed by atoms with E-state index in [1.54, 1.807) is 6.20 Å². The van der Waals surface area contributed by atoms with Crippen LogP contribution in [0.25, 0.3) is 0 Å². The summed E-state index contributed by atoms with van der Waals surface area (Å²) in [5, 5.41) is 7.27. The Balaban J connectivity index is 1.81. The van der Waals surface area contributed by atoms with Crippen LogP contribution in [-0.2, 0) is 11.3 Å². The summed E-state index contributed by atoms with van der Waals surface area (Å²) < 4.78 is 6.82. The first-order valence-corrected chi connectivity index (χ1v) is 6.67. The largest absolute Gasteiger partial charge is 0.380 e. The Hall–Kier alpha value is -1.07. The minimum Gasteiger partial charge on any atom is -0.380 e. The third-order valence-electron chi connectivity index (χ3n) is 2.90. The molecule has 5 nitrogen and oxygen atoms in total. The maximum absolute atomic E-state index is 11.7. The minimum atomic E-state index is -0.261. The van der Waals surface area contributed by atoms with Gasteiger partial charge in [0.15, 0.2) is 0 Å². The van der Waals surface area contributed by atoms with Gasteiger partial charge in [0.25, 0.3) is 5.56 Å². The van der Waals surface area contributed by atoms with Crippen molar-refractivity contribution in [3.63, 3.8) is 0 Å². The van der Waals surface area contributed by atoms with Gasteiger partial charge in [0, 0.05) is 19.7 Å². The topological polar surface area (TPSA) is 56.1 Å². The summed E-state index contributed by atoms with van der Waals surface area (Å²) in [5.74, 6) is 0.767. The van der Waals surface area contributed by atoms with E-state index in [0.717, 1.165) is 12.5 Å². The van der Waals surface area contributed by atoms with Crippen molar-refractivity contribution < 1.29 is 4.74 Å². The highest BCUT2D eigenvalue weighted by molar-refractivity contribution is 6.32. The average molecular weight is 272 g/mol. The molecule has 1 aromatic heterocycles. The molecule has 100 valence electrons. The Morgan fingerprint density at radius 3 is 3.06 bits per heavy atom. The van der Waals surface area contributed by atoms with Gasteiger partial charge in [0.2, 0.25) is 0 Å². The fourth-order valence-corrected chi connectivity index (χ4v) is 1.82. The number of nitrogens with zero attached hydrogens (tertiary/aromatic N) is 2. The maximum atomic E-state index is 11.7. The standard InChI is InChI=1S/C12H18ClN3O2/c1-2-16-12(17)11(13)10(7-15-16)14-5-6-18-8-9-3-4-9/h7,9,14H,2-6,8H2,1H3. The van der Waals surface area contributed by atoms with Gasteiger partial charge in [-0.25, -0.2) is 4.68 Å². The second-order valence-corrected chi connectivity index (χ2v) is 4.82. The SMILES string of the molecule is CCn1ncc(NCCOCC2CC2)c(Cl)c1=O. The third kappa shape index (κ3) is 3.46. The lowest BCUT2D eigenvalue weighted by molar-refractivity contribution is 0.134. The molecule has 6 heteroatoms. The first-order chi connectivity index (χ1) is 8.72. The Morgan fingerprint density at radius 1 is 1.61 bits per heavy atom. The van der Waals surface area contributed by atoms with Crippen LogP contribution in [0.2, 0.25) is 5.02 Å². The second kappa shape index (κ2) is 6.20. The maximum Gasteiger partial charge on any atom is 0.287 e. The van der Waals surface area contributed by atoms with Crippen LogP contribution < -0.4 is 10.9 Å². The molecule has 1 heterocycles. The summed E-state index contributed by atoms with van der Waals surface area (Å²) in [6.45, 7) is 4.45. The van der Waals surface area contributed by atoms with Crippen LogP contribution in [0.3, 0.4) is 0 Å². The van der Waals surface area contributed by atoms with Gasteiger partial charge in [-0.2, -0.15) is 5.10 Å². The number of anilines is 1.